The molecule has 4 heteroatoms. The minimum absolute atomic E-state index is 0.318. The first kappa shape index (κ1) is 8.96. The van der Waals surface area contributed by atoms with Gasteiger partial charge in [0.1, 0.15) is 4.11 Å². The van der Waals surface area contributed by atoms with Crippen LogP contribution in [0.15, 0.2) is 24.4 Å². The van der Waals surface area contributed by atoms with Crippen molar-refractivity contribution in [2.45, 2.75) is 10.5 Å². The molecule has 0 aliphatic heterocycles. The highest BCUT2D eigenvalue weighted by Gasteiger charge is 2.01. The number of H-pyrrole nitrogens is 1. The SMILES string of the molecule is OC(I)Cc1ccc2[nH]ncc2c1. The van der Waals surface area contributed by atoms with Crippen molar-refractivity contribution in [2.24, 2.45) is 0 Å². The van der Waals surface area contributed by atoms with E-state index in [0.29, 0.717) is 6.42 Å². The van der Waals surface area contributed by atoms with Crippen LogP contribution in [-0.4, -0.2) is 19.4 Å². The number of aromatic nitrogens is 2. The smallest absolute Gasteiger partial charge is 0.109 e. The van der Waals surface area contributed by atoms with E-state index in [-0.39, 0.29) is 4.11 Å². The molecule has 68 valence electrons. The Morgan fingerprint density at radius 3 is 3.15 bits per heavy atom. The van der Waals surface area contributed by atoms with Gasteiger partial charge in [0.25, 0.3) is 0 Å². The van der Waals surface area contributed by atoms with Gasteiger partial charge in [0.15, 0.2) is 0 Å². The number of aliphatic hydroxyl groups is 1. The lowest BCUT2D eigenvalue weighted by molar-refractivity contribution is 0.280. The number of aliphatic hydroxyl groups excluding tert-OH is 1. The largest absolute Gasteiger partial charge is 0.382 e. The molecule has 13 heavy (non-hydrogen) atoms. The summed E-state index contributed by atoms with van der Waals surface area (Å²) in [4.78, 5) is 0. The number of aromatic amines is 1. The number of halogens is 1. The standard InChI is InChI=1S/C9H9IN2O/c10-9(13)4-6-1-2-8-7(3-6)5-11-12-8/h1-3,5,9,13H,4H2,(H,11,12). The number of fused-ring (bicyclic) bond motifs is 1. The molecule has 0 saturated heterocycles. The van der Waals surface area contributed by atoms with Gasteiger partial charge in [-0.15, -0.1) is 0 Å². The topological polar surface area (TPSA) is 48.9 Å². The fraction of sp³-hybridized carbons (Fsp3) is 0.222. The summed E-state index contributed by atoms with van der Waals surface area (Å²) >= 11 is 2.00. The molecular weight excluding hydrogens is 279 g/mol. The molecule has 1 atom stereocenters. The van der Waals surface area contributed by atoms with Gasteiger partial charge >= 0.3 is 0 Å². The van der Waals surface area contributed by atoms with Gasteiger partial charge in [0.2, 0.25) is 0 Å². The first-order valence-electron chi connectivity index (χ1n) is 4.00. The molecule has 0 radical (unpaired) electrons. The van der Waals surface area contributed by atoms with Gasteiger partial charge in [0.05, 0.1) is 11.7 Å². The molecule has 1 aromatic carbocycles. The van der Waals surface area contributed by atoms with Crippen LogP contribution in [0.25, 0.3) is 10.9 Å². The van der Waals surface area contributed by atoms with Crippen LogP contribution in [0.1, 0.15) is 5.56 Å². The molecule has 3 nitrogen and oxygen atoms in total. The Morgan fingerprint density at radius 2 is 2.38 bits per heavy atom. The lowest BCUT2D eigenvalue weighted by Crippen LogP contribution is -1.99. The van der Waals surface area contributed by atoms with E-state index in [9.17, 15) is 5.11 Å². The number of hydrogen-bond acceptors (Lipinski definition) is 2. The van der Waals surface area contributed by atoms with Crippen LogP contribution in [0.2, 0.25) is 0 Å². The van der Waals surface area contributed by atoms with Crippen molar-refractivity contribution in [3.8, 4) is 0 Å². The quantitative estimate of drug-likeness (QED) is 0.654. The molecule has 1 aromatic heterocycles. The second kappa shape index (κ2) is 3.63. The summed E-state index contributed by atoms with van der Waals surface area (Å²) in [7, 11) is 0. The van der Waals surface area contributed by atoms with E-state index in [1.165, 1.54) is 0 Å². The van der Waals surface area contributed by atoms with Crippen molar-refractivity contribution < 1.29 is 5.11 Å². The van der Waals surface area contributed by atoms with Crippen molar-refractivity contribution >= 4 is 33.5 Å². The van der Waals surface area contributed by atoms with Crippen LogP contribution < -0.4 is 0 Å². The summed E-state index contributed by atoms with van der Waals surface area (Å²) in [6, 6.07) is 6.03. The molecule has 2 aromatic rings. The maximum atomic E-state index is 9.19. The first-order chi connectivity index (χ1) is 6.25. The summed E-state index contributed by atoms with van der Waals surface area (Å²) in [6.45, 7) is 0. The van der Waals surface area contributed by atoms with Crippen LogP contribution in [0, 0.1) is 0 Å². The van der Waals surface area contributed by atoms with Crippen LogP contribution in [0.4, 0.5) is 0 Å². The zero-order chi connectivity index (χ0) is 9.26. The predicted octanol–water partition coefficient (Wildman–Crippen LogP) is 1.86. The zero-order valence-electron chi connectivity index (χ0n) is 6.87. The number of hydrogen-bond donors (Lipinski definition) is 2. The van der Waals surface area contributed by atoms with Gasteiger partial charge in [-0.1, -0.05) is 28.7 Å². The predicted molar refractivity (Wildman–Crippen MR) is 59.8 cm³/mol. The second-order valence-electron chi connectivity index (χ2n) is 2.93. The monoisotopic (exact) mass is 288 g/mol. The Balaban J connectivity index is 2.37. The Bertz CT molecular complexity index is 411. The van der Waals surface area contributed by atoms with Gasteiger partial charge in [-0.2, -0.15) is 5.10 Å². The molecule has 2 rings (SSSR count). The minimum atomic E-state index is -0.318. The summed E-state index contributed by atoms with van der Waals surface area (Å²) in [5.41, 5.74) is 2.17. The van der Waals surface area contributed by atoms with Crippen LogP contribution in [-0.2, 0) is 6.42 Å². The summed E-state index contributed by atoms with van der Waals surface area (Å²) in [5, 5.41) is 17.1. The Labute approximate surface area is 89.3 Å². The normalized spacial score (nSPS) is 13.4. The molecule has 0 aliphatic carbocycles. The fourth-order valence-corrected chi connectivity index (χ4v) is 1.82. The summed E-state index contributed by atoms with van der Waals surface area (Å²) in [5.74, 6) is 0. The van der Waals surface area contributed by atoms with E-state index < -0.39 is 0 Å². The van der Waals surface area contributed by atoms with Gasteiger partial charge in [-0.05, 0) is 17.7 Å². The third-order valence-electron chi connectivity index (χ3n) is 1.91. The van der Waals surface area contributed by atoms with E-state index in [2.05, 4.69) is 10.2 Å². The maximum absolute atomic E-state index is 9.19. The second-order valence-corrected chi connectivity index (χ2v) is 4.37. The number of alkyl halides is 1. The molecule has 0 aliphatic rings. The number of benzene rings is 1. The van der Waals surface area contributed by atoms with Crippen molar-refractivity contribution in [3.63, 3.8) is 0 Å². The van der Waals surface area contributed by atoms with Crippen LogP contribution in [0.3, 0.4) is 0 Å². The van der Waals surface area contributed by atoms with E-state index in [4.69, 9.17) is 0 Å². The highest BCUT2D eigenvalue weighted by atomic mass is 127. The maximum Gasteiger partial charge on any atom is 0.109 e. The fourth-order valence-electron chi connectivity index (χ4n) is 1.31. The molecule has 0 bridgehead atoms. The highest BCUT2D eigenvalue weighted by molar-refractivity contribution is 14.1. The number of rotatable bonds is 2. The van der Waals surface area contributed by atoms with Gasteiger partial charge in [-0.3, -0.25) is 5.10 Å². The molecule has 0 saturated carbocycles. The molecule has 2 N–H and O–H groups in total. The van der Waals surface area contributed by atoms with Crippen molar-refractivity contribution in [2.75, 3.05) is 0 Å². The first-order valence-corrected chi connectivity index (χ1v) is 5.24. The molecular formula is C9H9IN2O. The van der Waals surface area contributed by atoms with Crippen LogP contribution >= 0.6 is 22.6 Å². The van der Waals surface area contributed by atoms with E-state index in [1.807, 2.05) is 40.8 Å². The van der Waals surface area contributed by atoms with Crippen LogP contribution in [0.5, 0.6) is 0 Å². The van der Waals surface area contributed by atoms with E-state index in [1.54, 1.807) is 6.20 Å². The minimum Gasteiger partial charge on any atom is -0.382 e. The van der Waals surface area contributed by atoms with Crippen molar-refractivity contribution in [1.29, 1.82) is 0 Å². The molecule has 0 spiro atoms. The Hall–Kier alpha value is -0.620. The lowest BCUT2D eigenvalue weighted by atomic mass is 10.1. The Kier molecular flexibility index (Phi) is 2.50. The molecule has 0 amide bonds. The number of nitrogens with one attached hydrogen (secondary N) is 1. The van der Waals surface area contributed by atoms with Crippen molar-refractivity contribution in [3.05, 3.63) is 30.0 Å². The zero-order valence-corrected chi connectivity index (χ0v) is 9.02. The third-order valence-corrected chi connectivity index (χ3v) is 2.35. The lowest BCUT2D eigenvalue weighted by Gasteiger charge is -2.02. The average molecular weight is 288 g/mol. The highest BCUT2D eigenvalue weighted by Crippen LogP contribution is 2.15. The third kappa shape index (κ3) is 2.00. The number of nitrogens with zero attached hydrogens (tertiary/aromatic N) is 1. The van der Waals surface area contributed by atoms with Gasteiger partial charge in [-0.25, -0.2) is 0 Å². The van der Waals surface area contributed by atoms with Gasteiger partial charge in [0, 0.05) is 11.8 Å². The molecule has 1 unspecified atom stereocenters. The molecule has 0 fully saturated rings. The Morgan fingerprint density at radius 1 is 1.54 bits per heavy atom. The molecule has 1 heterocycles. The summed E-state index contributed by atoms with van der Waals surface area (Å²) < 4.78 is -0.318. The summed E-state index contributed by atoms with van der Waals surface area (Å²) in [6.07, 6.45) is 2.47. The van der Waals surface area contributed by atoms with Crippen molar-refractivity contribution in [1.82, 2.24) is 10.2 Å². The van der Waals surface area contributed by atoms with E-state index in [0.717, 1.165) is 16.5 Å². The van der Waals surface area contributed by atoms with E-state index >= 15 is 0 Å². The van der Waals surface area contributed by atoms with Gasteiger partial charge < -0.3 is 5.11 Å². The average Bonchev–Trinajstić information content (AvgIpc) is 2.49.